The monoisotopic (exact) mass is 527 g/mol. The number of alkyl halides is 3. The number of ether oxygens (including phenoxy) is 1. The Morgan fingerprint density at radius 3 is 2.46 bits per heavy atom. The van der Waals surface area contributed by atoms with Crippen molar-refractivity contribution < 1.29 is 26.3 Å². The second-order valence-electron chi connectivity index (χ2n) is 8.36. The van der Waals surface area contributed by atoms with Crippen molar-refractivity contribution in [3.05, 3.63) is 53.6 Å². The summed E-state index contributed by atoms with van der Waals surface area (Å²) in [6, 6.07) is 10.1. The topological polar surface area (TPSA) is 64.4 Å². The highest BCUT2D eigenvalue weighted by Gasteiger charge is 2.30. The Balaban J connectivity index is 1.65. The van der Waals surface area contributed by atoms with Crippen LogP contribution in [0.2, 0.25) is 0 Å². The lowest BCUT2D eigenvalue weighted by atomic mass is 10.1. The van der Waals surface area contributed by atoms with E-state index >= 15 is 0 Å². The Morgan fingerprint density at radius 1 is 1.14 bits per heavy atom. The van der Waals surface area contributed by atoms with Gasteiger partial charge in [0.1, 0.15) is 0 Å². The van der Waals surface area contributed by atoms with E-state index in [-0.39, 0.29) is 11.0 Å². The lowest BCUT2D eigenvalue weighted by molar-refractivity contribution is -0.137. The Morgan fingerprint density at radius 2 is 1.86 bits per heavy atom. The number of hydrogen-bond donors (Lipinski definition) is 0. The fourth-order valence-corrected chi connectivity index (χ4v) is 6.64. The molecule has 0 radical (unpaired) electrons. The first-order chi connectivity index (χ1) is 16.6. The molecule has 0 unspecified atom stereocenters. The highest BCUT2D eigenvalue weighted by atomic mass is 32.2. The Bertz CT molecular complexity index is 1260. The minimum Gasteiger partial charge on any atom is -0.376 e. The summed E-state index contributed by atoms with van der Waals surface area (Å²) < 4.78 is 73.9. The molecule has 1 aliphatic rings. The molecular weight excluding hydrogens is 499 g/mol. The first-order valence-corrected chi connectivity index (χ1v) is 14.0. The van der Waals surface area contributed by atoms with Gasteiger partial charge < -0.3 is 9.30 Å². The molecule has 2 heterocycles. The standard InChI is InChI=1S/C24H28F3N3O3S2/c1-3-29(4-2)35(31,32)20-11-12-22-21(14-20)28-23(30(22)15-19-6-5-13-33-19)34-16-17-7-9-18(10-8-17)24(25,26)27/h7-12,14,19H,3-6,13,15-16H2,1-2H3/t19-/m0/s1. The van der Waals surface area contributed by atoms with Crippen molar-refractivity contribution in [1.82, 2.24) is 13.9 Å². The molecule has 1 aromatic heterocycles. The molecule has 6 nitrogen and oxygen atoms in total. The number of hydrogen-bond acceptors (Lipinski definition) is 5. The number of fused-ring (bicyclic) bond motifs is 1. The zero-order chi connectivity index (χ0) is 25.2. The van der Waals surface area contributed by atoms with Crippen LogP contribution in [-0.2, 0) is 33.2 Å². The van der Waals surface area contributed by atoms with Gasteiger partial charge in [-0.2, -0.15) is 17.5 Å². The predicted octanol–water partition coefficient (Wildman–Crippen LogP) is 5.56. The maximum absolute atomic E-state index is 13.0. The number of halogens is 3. The van der Waals surface area contributed by atoms with Crippen LogP contribution in [0.1, 0.15) is 37.8 Å². The molecule has 0 saturated carbocycles. The molecule has 3 aromatic rings. The summed E-state index contributed by atoms with van der Waals surface area (Å²) in [5, 5.41) is 0.674. The van der Waals surface area contributed by atoms with E-state index in [2.05, 4.69) is 0 Å². The molecule has 1 atom stereocenters. The molecule has 1 fully saturated rings. The number of thioether (sulfide) groups is 1. The SMILES string of the molecule is CCN(CC)S(=O)(=O)c1ccc2c(c1)nc(SCc1ccc(C(F)(F)F)cc1)n2C[C@@H]1CCCO1. The fourth-order valence-electron chi connectivity index (χ4n) is 4.18. The fraction of sp³-hybridized carbons (Fsp3) is 0.458. The summed E-state index contributed by atoms with van der Waals surface area (Å²) >= 11 is 1.41. The van der Waals surface area contributed by atoms with Crippen molar-refractivity contribution in [1.29, 1.82) is 0 Å². The van der Waals surface area contributed by atoms with Crippen LogP contribution in [0, 0.1) is 0 Å². The summed E-state index contributed by atoms with van der Waals surface area (Å²) in [6.07, 6.45) is -2.42. The van der Waals surface area contributed by atoms with E-state index in [0.717, 1.165) is 36.1 Å². The van der Waals surface area contributed by atoms with E-state index in [1.165, 1.54) is 28.2 Å². The van der Waals surface area contributed by atoms with Gasteiger partial charge in [-0.1, -0.05) is 37.7 Å². The Hall–Kier alpha value is -2.08. The molecule has 0 spiro atoms. The van der Waals surface area contributed by atoms with Crippen LogP contribution in [0.3, 0.4) is 0 Å². The van der Waals surface area contributed by atoms with E-state index in [0.29, 0.717) is 42.7 Å². The normalized spacial score (nSPS) is 17.0. The average molecular weight is 528 g/mol. The van der Waals surface area contributed by atoms with Crippen LogP contribution in [0.5, 0.6) is 0 Å². The van der Waals surface area contributed by atoms with Crippen LogP contribution < -0.4 is 0 Å². The van der Waals surface area contributed by atoms with Crippen molar-refractivity contribution in [2.75, 3.05) is 19.7 Å². The summed E-state index contributed by atoms with van der Waals surface area (Å²) in [4.78, 5) is 4.91. The maximum Gasteiger partial charge on any atom is 0.416 e. The largest absolute Gasteiger partial charge is 0.416 e. The quantitative estimate of drug-likeness (QED) is 0.341. The van der Waals surface area contributed by atoms with Gasteiger partial charge in [0.2, 0.25) is 10.0 Å². The van der Waals surface area contributed by atoms with Gasteiger partial charge in [-0.3, -0.25) is 0 Å². The summed E-state index contributed by atoms with van der Waals surface area (Å²) in [6.45, 7) is 5.63. The lowest BCUT2D eigenvalue weighted by Gasteiger charge is -2.18. The number of sulfonamides is 1. The molecule has 4 rings (SSSR count). The third-order valence-electron chi connectivity index (χ3n) is 6.09. The zero-order valence-electron chi connectivity index (χ0n) is 19.6. The van der Waals surface area contributed by atoms with Gasteiger partial charge >= 0.3 is 6.18 Å². The van der Waals surface area contributed by atoms with Crippen LogP contribution in [0.15, 0.2) is 52.5 Å². The molecule has 0 N–H and O–H groups in total. The molecule has 0 aliphatic carbocycles. The third-order valence-corrected chi connectivity index (χ3v) is 9.18. The molecule has 35 heavy (non-hydrogen) atoms. The van der Waals surface area contributed by atoms with Gasteiger partial charge in [0.15, 0.2) is 5.16 Å². The van der Waals surface area contributed by atoms with Crippen LogP contribution in [-0.4, -0.2) is 48.1 Å². The summed E-state index contributed by atoms with van der Waals surface area (Å²) in [5.74, 6) is 0.428. The molecule has 2 aromatic carbocycles. The van der Waals surface area contributed by atoms with Gasteiger partial charge in [0, 0.05) is 25.4 Å². The molecule has 11 heteroatoms. The van der Waals surface area contributed by atoms with E-state index in [4.69, 9.17) is 9.72 Å². The predicted molar refractivity (Wildman–Crippen MR) is 130 cm³/mol. The Kier molecular flexibility index (Phi) is 7.80. The molecule has 0 amide bonds. The van der Waals surface area contributed by atoms with E-state index in [1.807, 2.05) is 4.57 Å². The first-order valence-electron chi connectivity index (χ1n) is 11.5. The van der Waals surface area contributed by atoms with Crippen molar-refractivity contribution in [3.63, 3.8) is 0 Å². The third kappa shape index (κ3) is 5.68. The molecule has 190 valence electrons. The van der Waals surface area contributed by atoms with Gasteiger partial charge in [-0.15, -0.1) is 0 Å². The molecular formula is C24H28F3N3O3S2. The number of benzene rings is 2. The van der Waals surface area contributed by atoms with Crippen molar-refractivity contribution in [2.45, 2.75) is 61.3 Å². The van der Waals surface area contributed by atoms with Gasteiger partial charge in [0.25, 0.3) is 0 Å². The minimum atomic E-state index is -4.37. The van der Waals surface area contributed by atoms with Gasteiger partial charge in [-0.05, 0) is 48.7 Å². The van der Waals surface area contributed by atoms with Gasteiger partial charge in [-0.25, -0.2) is 13.4 Å². The zero-order valence-corrected chi connectivity index (χ0v) is 21.2. The highest BCUT2D eigenvalue weighted by Crippen LogP contribution is 2.32. The van der Waals surface area contributed by atoms with Crippen molar-refractivity contribution >= 4 is 32.8 Å². The average Bonchev–Trinajstić information content (AvgIpc) is 3.46. The number of nitrogens with zero attached hydrogens (tertiary/aromatic N) is 3. The second kappa shape index (κ2) is 10.5. The van der Waals surface area contributed by atoms with Crippen molar-refractivity contribution in [2.24, 2.45) is 0 Å². The van der Waals surface area contributed by atoms with Crippen LogP contribution >= 0.6 is 11.8 Å². The molecule has 1 saturated heterocycles. The maximum atomic E-state index is 13.0. The summed E-state index contributed by atoms with van der Waals surface area (Å²) in [5.41, 5.74) is 1.42. The highest BCUT2D eigenvalue weighted by molar-refractivity contribution is 7.98. The summed E-state index contributed by atoms with van der Waals surface area (Å²) in [7, 11) is -3.63. The second-order valence-corrected chi connectivity index (χ2v) is 11.2. The smallest absolute Gasteiger partial charge is 0.376 e. The van der Waals surface area contributed by atoms with Crippen LogP contribution in [0.4, 0.5) is 13.2 Å². The minimum absolute atomic E-state index is 0.0388. The van der Waals surface area contributed by atoms with E-state index < -0.39 is 21.8 Å². The van der Waals surface area contributed by atoms with Crippen LogP contribution in [0.25, 0.3) is 11.0 Å². The number of rotatable bonds is 9. The number of aromatic nitrogens is 2. The lowest BCUT2D eigenvalue weighted by Crippen LogP contribution is -2.30. The molecule has 0 bridgehead atoms. The first kappa shape index (κ1) is 26.0. The van der Waals surface area contributed by atoms with Gasteiger partial charge in [0.05, 0.1) is 34.1 Å². The van der Waals surface area contributed by atoms with Crippen molar-refractivity contribution in [3.8, 4) is 0 Å². The van der Waals surface area contributed by atoms with E-state index in [1.54, 1.807) is 32.0 Å². The number of imidazole rings is 1. The Labute approximate surface area is 207 Å². The van der Waals surface area contributed by atoms with E-state index in [9.17, 15) is 21.6 Å². The molecule has 1 aliphatic heterocycles.